The Labute approximate surface area is 89.1 Å². The summed E-state index contributed by atoms with van der Waals surface area (Å²) in [5, 5.41) is 11.8. The van der Waals surface area contributed by atoms with Gasteiger partial charge in [-0.15, -0.1) is 6.42 Å². The van der Waals surface area contributed by atoms with E-state index in [1.165, 1.54) is 0 Å². The van der Waals surface area contributed by atoms with Crippen LogP contribution in [-0.2, 0) is 0 Å². The Morgan fingerprint density at radius 3 is 2.53 bits per heavy atom. The molecule has 0 spiro atoms. The number of nitrogens with one attached hydrogen (secondary N) is 1. The van der Waals surface area contributed by atoms with Gasteiger partial charge in [-0.2, -0.15) is 0 Å². The summed E-state index contributed by atoms with van der Waals surface area (Å²) in [6.45, 7) is 1.99. The second-order valence-electron chi connectivity index (χ2n) is 3.15. The van der Waals surface area contributed by atoms with Crippen molar-refractivity contribution < 1.29 is 9.90 Å². The zero-order valence-electron chi connectivity index (χ0n) is 8.53. The molecule has 1 atom stereocenters. The van der Waals surface area contributed by atoms with Crippen LogP contribution in [0.25, 0.3) is 0 Å². The van der Waals surface area contributed by atoms with Gasteiger partial charge in [0.15, 0.2) is 0 Å². The molecule has 1 aromatic rings. The maximum absolute atomic E-state index is 10.6. The van der Waals surface area contributed by atoms with E-state index in [9.17, 15) is 4.79 Å². The molecule has 0 amide bonds. The Balaban J connectivity index is 2.73. The molecular formula is C12H13NO2. The van der Waals surface area contributed by atoms with Gasteiger partial charge in [0, 0.05) is 5.69 Å². The monoisotopic (exact) mass is 203 g/mol. The average molecular weight is 203 g/mol. The quantitative estimate of drug-likeness (QED) is 0.737. The molecule has 0 aliphatic heterocycles. The number of rotatable bonds is 4. The lowest BCUT2D eigenvalue weighted by atomic mass is 10.2. The fourth-order valence-electron chi connectivity index (χ4n) is 1.17. The molecule has 0 aliphatic carbocycles. The van der Waals surface area contributed by atoms with Crippen molar-refractivity contribution in [2.45, 2.75) is 19.4 Å². The third-order valence-corrected chi connectivity index (χ3v) is 2.08. The Morgan fingerprint density at radius 1 is 1.53 bits per heavy atom. The van der Waals surface area contributed by atoms with Gasteiger partial charge in [0.05, 0.1) is 11.6 Å². The standard InChI is InChI=1S/C12H13NO2/c1-3-10(4-2)13-11-7-5-9(6-8-11)12(14)15/h1,5-8,10,13H,4H2,2H3,(H,14,15). The summed E-state index contributed by atoms with van der Waals surface area (Å²) in [6, 6.07) is 6.51. The molecule has 0 aliphatic rings. The second kappa shape index (κ2) is 5.06. The van der Waals surface area contributed by atoms with E-state index in [1.807, 2.05) is 6.92 Å². The van der Waals surface area contributed by atoms with Crippen molar-refractivity contribution in [3.63, 3.8) is 0 Å². The highest BCUT2D eigenvalue weighted by atomic mass is 16.4. The van der Waals surface area contributed by atoms with Crippen LogP contribution in [0.5, 0.6) is 0 Å². The smallest absolute Gasteiger partial charge is 0.335 e. The number of carbonyl (C=O) groups is 1. The molecule has 0 aromatic heterocycles. The van der Waals surface area contributed by atoms with Gasteiger partial charge in [-0.05, 0) is 30.7 Å². The molecule has 0 fully saturated rings. The summed E-state index contributed by atoms with van der Waals surface area (Å²) >= 11 is 0. The summed E-state index contributed by atoms with van der Waals surface area (Å²) < 4.78 is 0. The Hall–Kier alpha value is -1.95. The lowest BCUT2D eigenvalue weighted by Gasteiger charge is -2.11. The van der Waals surface area contributed by atoms with Gasteiger partial charge in [0.1, 0.15) is 0 Å². The first-order valence-electron chi connectivity index (χ1n) is 4.73. The third-order valence-electron chi connectivity index (χ3n) is 2.08. The molecule has 15 heavy (non-hydrogen) atoms. The van der Waals surface area contributed by atoms with Gasteiger partial charge in [-0.3, -0.25) is 0 Å². The predicted molar refractivity (Wildman–Crippen MR) is 59.9 cm³/mol. The van der Waals surface area contributed by atoms with E-state index < -0.39 is 5.97 Å². The van der Waals surface area contributed by atoms with Crippen molar-refractivity contribution in [1.29, 1.82) is 0 Å². The largest absolute Gasteiger partial charge is 0.478 e. The van der Waals surface area contributed by atoms with Gasteiger partial charge in [-0.25, -0.2) is 4.79 Å². The number of carboxylic acid groups (broad SMARTS) is 1. The van der Waals surface area contributed by atoms with Crippen LogP contribution >= 0.6 is 0 Å². The minimum absolute atomic E-state index is 0.0133. The highest BCUT2D eigenvalue weighted by Crippen LogP contribution is 2.11. The zero-order valence-corrected chi connectivity index (χ0v) is 8.53. The number of terminal acetylenes is 1. The highest BCUT2D eigenvalue weighted by Gasteiger charge is 2.03. The summed E-state index contributed by atoms with van der Waals surface area (Å²) in [4.78, 5) is 10.6. The van der Waals surface area contributed by atoms with E-state index in [1.54, 1.807) is 24.3 Å². The molecule has 0 saturated carbocycles. The summed E-state index contributed by atoms with van der Waals surface area (Å²) in [5.74, 6) is 1.68. The molecule has 0 radical (unpaired) electrons. The Kier molecular flexibility index (Phi) is 3.75. The van der Waals surface area contributed by atoms with Crippen molar-refractivity contribution in [1.82, 2.24) is 0 Å². The van der Waals surface area contributed by atoms with Crippen molar-refractivity contribution in [2.24, 2.45) is 0 Å². The van der Waals surface area contributed by atoms with Crippen LogP contribution in [0.1, 0.15) is 23.7 Å². The van der Waals surface area contributed by atoms with Gasteiger partial charge >= 0.3 is 5.97 Å². The summed E-state index contributed by atoms with van der Waals surface area (Å²) in [6.07, 6.45) is 6.13. The number of carboxylic acids is 1. The van der Waals surface area contributed by atoms with E-state index in [4.69, 9.17) is 11.5 Å². The molecular weight excluding hydrogens is 190 g/mol. The number of anilines is 1. The molecule has 0 bridgehead atoms. The van der Waals surface area contributed by atoms with E-state index >= 15 is 0 Å². The Bertz CT molecular complexity index is 376. The molecule has 1 rings (SSSR count). The van der Waals surface area contributed by atoms with Gasteiger partial charge < -0.3 is 10.4 Å². The molecule has 0 heterocycles. The van der Waals surface area contributed by atoms with Gasteiger partial charge in [-0.1, -0.05) is 12.8 Å². The molecule has 0 saturated heterocycles. The van der Waals surface area contributed by atoms with Crippen LogP contribution in [0, 0.1) is 12.3 Å². The van der Waals surface area contributed by atoms with Crippen LogP contribution in [0.3, 0.4) is 0 Å². The van der Waals surface area contributed by atoms with E-state index in [-0.39, 0.29) is 11.6 Å². The van der Waals surface area contributed by atoms with Gasteiger partial charge in [0.2, 0.25) is 0 Å². The lowest BCUT2D eigenvalue weighted by molar-refractivity contribution is 0.0697. The van der Waals surface area contributed by atoms with Crippen LogP contribution < -0.4 is 5.32 Å². The first-order chi connectivity index (χ1) is 7.17. The maximum atomic E-state index is 10.6. The van der Waals surface area contributed by atoms with E-state index in [2.05, 4.69) is 11.2 Å². The van der Waals surface area contributed by atoms with E-state index in [0.29, 0.717) is 0 Å². The van der Waals surface area contributed by atoms with Crippen molar-refractivity contribution >= 4 is 11.7 Å². The minimum Gasteiger partial charge on any atom is -0.478 e. The average Bonchev–Trinajstić information content (AvgIpc) is 2.26. The highest BCUT2D eigenvalue weighted by molar-refractivity contribution is 5.88. The second-order valence-corrected chi connectivity index (χ2v) is 3.15. The summed E-state index contributed by atoms with van der Waals surface area (Å²) in [7, 11) is 0. The molecule has 3 nitrogen and oxygen atoms in total. The van der Waals surface area contributed by atoms with Crippen molar-refractivity contribution in [2.75, 3.05) is 5.32 Å². The fraction of sp³-hybridized carbons (Fsp3) is 0.250. The maximum Gasteiger partial charge on any atom is 0.335 e. The topological polar surface area (TPSA) is 49.3 Å². The minimum atomic E-state index is -0.925. The Morgan fingerprint density at radius 2 is 2.13 bits per heavy atom. The van der Waals surface area contributed by atoms with Gasteiger partial charge in [0.25, 0.3) is 0 Å². The lowest BCUT2D eigenvalue weighted by Crippen LogP contribution is -2.15. The first-order valence-corrected chi connectivity index (χ1v) is 4.73. The van der Waals surface area contributed by atoms with Crippen LogP contribution in [0.15, 0.2) is 24.3 Å². The molecule has 1 unspecified atom stereocenters. The van der Waals surface area contributed by atoms with Crippen LogP contribution in [0.2, 0.25) is 0 Å². The molecule has 2 N–H and O–H groups in total. The summed E-state index contributed by atoms with van der Waals surface area (Å²) in [5.41, 5.74) is 1.11. The predicted octanol–water partition coefficient (Wildman–Crippen LogP) is 2.21. The SMILES string of the molecule is C#CC(CC)Nc1ccc(C(=O)O)cc1. The van der Waals surface area contributed by atoms with Crippen molar-refractivity contribution in [3.8, 4) is 12.3 Å². The number of aromatic carboxylic acids is 1. The molecule has 78 valence electrons. The number of benzene rings is 1. The fourth-order valence-corrected chi connectivity index (χ4v) is 1.17. The number of hydrogen-bond acceptors (Lipinski definition) is 2. The molecule has 1 aromatic carbocycles. The number of hydrogen-bond donors (Lipinski definition) is 2. The normalized spacial score (nSPS) is 11.5. The van der Waals surface area contributed by atoms with Crippen LogP contribution in [-0.4, -0.2) is 17.1 Å². The van der Waals surface area contributed by atoms with Crippen molar-refractivity contribution in [3.05, 3.63) is 29.8 Å². The zero-order chi connectivity index (χ0) is 11.3. The van der Waals surface area contributed by atoms with Crippen LogP contribution in [0.4, 0.5) is 5.69 Å². The third kappa shape index (κ3) is 3.03. The van der Waals surface area contributed by atoms with E-state index in [0.717, 1.165) is 12.1 Å². The molecule has 3 heteroatoms. The first kappa shape index (κ1) is 11.1.